The van der Waals surface area contributed by atoms with Crippen molar-refractivity contribution >= 4 is 5.95 Å². The van der Waals surface area contributed by atoms with E-state index in [9.17, 15) is 0 Å². The van der Waals surface area contributed by atoms with Gasteiger partial charge >= 0.3 is 0 Å². The fourth-order valence-corrected chi connectivity index (χ4v) is 2.26. The number of hydrogen-bond donors (Lipinski definition) is 1. The van der Waals surface area contributed by atoms with Crippen LogP contribution >= 0.6 is 0 Å². The summed E-state index contributed by atoms with van der Waals surface area (Å²) < 4.78 is 2.36. The molecule has 1 aliphatic carbocycles. The molecule has 3 nitrogen and oxygen atoms in total. The van der Waals surface area contributed by atoms with E-state index in [-0.39, 0.29) is 0 Å². The summed E-state index contributed by atoms with van der Waals surface area (Å²) in [5, 5.41) is 3.31. The number of fused-ring (bicyclic) bond motifs is 3. The molecule has 1 aromatic rings. The third-order valence-electron chi connectivity index (χ3n) is 2.85. The highest BCUT2D eigenvalue weighted by Gasteiger charge is 2.22. The quantitative estimate of drug-likeness (QED) is 0.622. The van der Waals surface area contributed by atoms with Crippen LogP contribution in [-0.4, -0.2) is 16.1 Å². The predicted octanol–water partition coefficient (Wildman–Crippen LogP) is 1.19. The van der Waals surface area contributed by atoms with E-state index in [1.165, 1.54) is 37.1 Å². The van der Waals surface area contributed by atoms with E-state index in [4.69, 9.17) is 0 Å². The summed E-state index contributed by atoms with van der Waals surface area (Å²) in [4.78, 5) is 4.58. The Labute approximate surface area is 71.8 Å². The van der Waals surface area contributed by atoms with Crippen LogP contribution in [0, 0.1) is 0 Å². The van der Waals surface area contributed by atoms with Crippen molar-refractivity contribution in [1.29, 1.82) is 0 Å². The van der Waals surface area contributed by atoms with Gasteiger partial charge in [-0.3, -0.25) is 0 Å². The van der Waals surface area contributed by atoms with Crippen molar-refractivity contribution in [2.45, 2.75) is 32.2 Å². The Morgan fingerprint density at radius 1 is 1.25 bits per heavy atom. The Bertz CT molecular complexity index is 314. The topological polar surface area (TPSA) is 29.9 Å². The highest BCUT2D eigenvalue weighted by atomic mass is 15.3. The molecule has 3 heteroatoms. The summed E-state index contributed by atoms with van der Waals surface area (Å²) >= 11 is 0. The number of rotatable bonds is 0. The van der Waals surface area contributed by atoms with Crippen molar-refractivity contribution in [2.24, 2.45) is 0 Å². The number of imidazole rings is 1. The number of nitrogens with one attached hydrogen (secondary N) is 1. The first-order valence-electron chi connectivity index (χ1n) is 4.77. The summed E-state index contributed by atoms with van der Waals surface area (Å²) in [6.07, 6.45) is 5.10. The summed E-state index contributed by atoms with van der Waals surface area (Å²) in [6.45, 7) is 2.19. The molecule has 0 aromatic carbocycles. The number of nitrogens with zero attached hydrogens (tertiary/aromatic N) is 2. The summed E-state index contributed by atoms with van der Waals surface area (Å²) in [6, 6.07) is 0. The lowest BCUT2D eigenvalue weighted by Crippen LogP contribution is -2.07. The average Bonchev–Trinajstić information content (AvgIpc) is 2.62. The van der Waals surface area contributed by atoms with Gasteiger partial charge in [-0.05, 0) is 25.7 Å². The minimum absolute atomic E-state index is 1.07. The van der Waals surface area contributed by atoms with Gasteiger partial charge in [0.25, 0.3) is 0 Å². The van der Waals surface area contributed by atoms with E-state index >= 15 is 0 Å². The Morgan fingerprint density at radius 3 is 3.17 bits per heavy atom. The van der Waals surface area contributed by atoms with Gasteiger partial charge in [0.05, 0.1) is 5.69 Å². The fourth-order valence-electron chi connectivity index (χ4n) is 2.26. The van der Waals surface area contributed by atoms with E-state index in [0.29, 0.717) is 0 Å². The molecule has 3 rings (SSSR count). The molecule has 0 unspecified atom stereocenters. The highest BCUT2D eigenvalue weighted by Crippen LogP contribution is 2.26. The molecule has 0 saturated heterocycles. The van der Waals surface area contributed by atoms with E-state index < -0.39 is 0 Å². The van der Waals surface area contributed by atoms with Gasteiger partial charge in [-0.25, -0.2) is 4.98 Å². The Morgan fingerprint density at radius 2 is 2.17 bits per heavy atom. The SMILES string of the molecule is C1CCc2c(nc3n2CCN3)C1. The molecule has 0 atom stereocenters. The monoisotopic (exact) mass is 163 g/mol. The van der Waals surface area contributed by atoms with Gasteiger partial charge in [-0.1, -0.05) is 0 Å². The van der Waals surface area contributed by atoms with Crippen LogP contribution in [0.25, 0.3) is 0 Å². The van der Waals surface area contributed by atoms with Gasteiger partial charge in [0.15, 0.2) is 0 Å². The maximum atomic E-state index is 4.58. The third kappa shape index (κ3) is 0.737. The van der Waals surface area contributed by atoms with Crippen molar-refractivity contribution < 1.29 is 0 Å². The molecule has 2 aliphatic rings. The van der Waals surface area contributed by atoms with Crippen molar-refractivity contribution in [3.8, 4) is 0 Å². The summed E-state index contributed by atoms with van der Waals surface area (Å²) in [5.41, 5.74) is 2.85. The number of anilines is 1. The largest absolute Gasteiger partial charge is 0.354 e. The molecule has 1 aromatic heterocycles. The lowest BCUT2D eigenvalue weighted by atomic mass is 10.0. The number of hydrogen-bond acceptors (Lipinski definition) is 2. The standard InChI is InChI=1S/C9H13N3/c1-2-4-8-7(3-1)11-9-10-5-6-12(8)9/h1-6H2,(H,10,11). The number of aromatic nitrogens is 2. The van der Waals surface area contributed by atoms with Crippen LogP contribution in [0.1, 0.15) is 24.2 Å². The van der Waals surface area contributed by atoms with Crippen LogP contribution in [0.3, 0.4) is 0 Å². The van der Waals surface area contributed by atoms with Crippen LogP contribution in [0.15, 0.2) is 0 Å². The van der Waals surface area contributed by atoms with E-state index in [1.807, 2.05) is 0 Å². The van der Waals surface area contributed by atoms with Crippen molar-refractivity contribution in [1.82, 2.24) is 9.55 Å². The second-order valence-electron chi connectivity index (χ2n) is 3.61. The van der Waals surface area contributed by atoms with Gasteiger partial charge < -0.3 is 9.88 Å². The zero-order chi connectivity index (χ0) is 7.97. The molecular formula is C9H13N3. The molecule has 0 fully saturated rings. The first kappa shape index (κ1) is 6.52. The van der Waals surface area contributed by atoms with Gasteiger partial charge in [0.1, 0.15) is 0 Å². The van der Waals surface area contributed by atoms with Gasteiger partial charge in [0, 0.05) is 18.8 Å². The molecule has 1 N–H and O–H groups in total. The van der Waals surface area contributed by atoms with Crippen LogP contribution in [0.2, 0.25) is 0 Å². The van der Waals surface area contributed by atoms with Crippen molar-refractivity contribution in [3.05, 3.63) is 11.4 Å². The Hall–Kier alpha value is -0.990. The van der Waals surface area contributed by atoms with Crippen molar-refractivity contribution in [3.63, 3.8) is 0 Å². The predicted molar refractivity (Wildman–Crippen MR) is 47.4 cm³/mol. The number of aryl methyl sites for hydroxylation is 1. The van der Waals surface area contributed by atoms with Gasteiger partial charge in [-0.2, -0.15) is 0 Å². The van der Waals surface area contributed by atoms with E-state index in [1.54, 1.807) is 0 Å². The summed E-state index contributed by atoms with van der Waals surface area (Å²) in [7, 11) is 0. The highest BCUT2D eigenvalue weighted by molar-refractivity contribution is 5.38. The Balaban J connectivity index is 2.14. The normalized spacial score (nSPS) is 20.0. The first-order chi connectivity index (χ1) is 5.95. The smallest absolute Gasteiger partial charge is 0.203 e. The molecule has 1 aliphatic heterocycles. The minimum atomic E-state index is 1.07. The van der Waals surface area contributed by atoms with Gasteiger partial charge in [0.2, 0.25) is 5.95 Å². The minimum Gasteiger partial charge on any atom is -0.354 e. The van der Waals surface area contributed by atoms with Gasteiger partial charge in [-0.15, -0.1) is 0 Å². The fraction of sp³-hybridized carbons (Fsp3) is 0.667. The first-order valence-corrected chi connectivity index (χ1v) is 4.77. The molecule has 64 valence electrons. The average molecular weight is 163 g/mol. The zero-order valence-electron chi connectivity index (χ0n) is 7.14. The molecular weight excluding hydrogens is 150 g/mol. The third-order valence-corrected chi connectivity index (χ3v) is 2.85. The molecule has 0 amide bonds. The second kappa shape index (κ2) is 2.25. The van der Waals surface area contributed by atoms with Crippen LogP contribution in [-0.2, 0) is 19.4 Å². The van der Waals surface area contributed by atoms with E-state index in [2.05, 4.69) is 14.9 Å². The van der Waals surface area contributed by atoms with Crippen LogP contribution < -0.4 is 5.32 Å². The van der Waals surface area contributed by atoms with E-state index in [0.717, 1.165) is 19.0 Å². The molecule has 0 spiro atoms. The summed E-state index contributed by atoms with van der Waals surface area (Å²) in [5.74, 6) is 1.11. The maximum Gasteiger partial charge on any atom is 0.203 e. The van der Waals surface area contributed by atoms with Crippen LogP contribution in [0.4, 0.5) is 5.95 Å². The lowest BCUT2D eigenvalue weighted by Gasteiger charge is -2.11. The lowest BCUT2D eigenvalue weighted by molar-refractivity contribution is 0.627. The molecule has 0 radical (unpaired) electrons. The molecule has 0 saturated carbocycles. The second-order valence-corrected chi connectivity index (χ2v) is 3.61. The molecule has 0 bridgehead atoms. The molecule has 12 heavy (non-hydrogen) atoms. The Kier molecular flexibility index (Phi) is 1.22. The van der Waals surface area contributed by atoms with Crippen molar-refractivity contribution in [2.75, 3.05) is 11.9 Å². The van der Waals surface area contributed by atoms with Crippen LogP contribution in [0.5, 0.6) is 0 Å². The molecule has 2 heterocycles. The maximum absolute atomic E-state index is 4.58. The zero-order valence-corrected chi connectivity index (χ0v) is 7.14.